The third-order valence-corrected chi connectivity index (χ3v) is 8.32. The van der Waals surface area contributed by atoms with Crippen molar-refractivity contribution in [3.63, 3.8) is 0 Å². The van der Waals surface area contributed by atoms with Crippen LogP contribution in [-0.2, 0) is 11.2 Å². The molecule has 0 unspecified atom stereocenters. The van der Waals surface area contributed by atoms with Crippen LogP contribution in [0.3, 0.4) is 0 Å². The number of nitrogens with one attached hydrogen (secondary N) is 1. The Bertz CT molecular complexity index is 1230. The zero-order valence-corrected chi connectivity index (χ0v) is 21.8. The van der Waals surface area contributed by atoms with Gasteiger partial charge in [-0.05, 0) is 68.4 Å². The lowest BCUT2D eigenvalue weighted by atomic mass is 9.97. The van der Waals surface area contributed by atoms with Crippen molar-refractivity contribution in [3.8, 4) is 0 Å². The first-order valence-corrected chi connectivity index (χ1v) is 14.1. The summed E-state index contributed by atoms with van der Waals surface area (Å²) < 4.78 is 13.4. The van der Waals surface area contributed by atoms with Crippen LogP contribution >= 0.6 is 11.3 Å². The minimum absolute atomic E-state index is 0.106. The Kier molecular flexibility index (Phi) is 8.14. The van der Waals surface area contributed by atoms with Gasteiger partial charge in [0.25, 0.3) is 5.91 Å². The van der Waals surface area contributed by atoms with Crippen LogP contribution in [0.2, 0.25) is 0 Å². The first-order chi connectivity index (χ1) is 18.1. The molecule has 1 aromatic heterocycles. The first kappa shape index (κ1) is 25.4. The van der Waals surface area contributed by atoms with Crippen LogP contribution in [-0.4, -0.2) is 47.9 Å². The predicted molar refractivity (Wildman–Crippen MR) is 146 cm³/mol. The minimum atomic E-state index is -0.270. The summed E-state index contributed by atoms with van der Waals surface area (Å²) in [7, 11) is 0. The molecular weight excluding hydrogens is 487 g/mol. The average Bonchev–Trinajstić information content (AvgIpc) is 3.43. The molecule has 0 bridgehead atoms. The molecule has 0 spiro atoms. The van der Waals surface area contributed by atoms with Crippen LogP contribution in [0, 0.1) is 5.82 Å². The van der Waals surface area contributed by atoms with Crippen LogP contribution in [0.4, 0.5) is 15.8 Å². The number of piperidine rings is 2. The van der Waals surface area contributed by atoms with E-state index in [2.05, 4.69) is 21.3 Å². The van der Waals surface area contributed by atoms with E-state index in [-0.39, 0.29) is 23.5 Å². The topological polar surface area (TPSA) is 65.5 Å². The molecule has 0 radical (unpaired) electrons. The molecule has 2 amide bonds. The number of likely N-dealkylation sites (tertiary alicyclic amines) is 1. The van der Waals surface area contributed by atoms with Crippen LogP contribution in [0.5, 0.6) is 0 Å². The van der Waals surface area contributed by atoms with Crippen molar-refractivity contribution in [2.45, 2.75) is 50.9 Å². The van der Waals surface area contributed by atoms with Crippen molar-refractivity contribution in [3.05, 3.63) is 76.0 Å². The fourth-order valence-corrected chi connectivity index (χ4v) is 6.20. The van der Waals surface area contributed by atoms with Gasteiger partial charge in [0.05, 0.1) is 16.4 Å². The molecular formula is C29H33FN4O2S. The molecule has 6 nitrogen and oxygen atoms in total. The number of amides is 2. The summed E-state index contributed by atoms with van der Waals surface area (Å²) in [6, 6.07) is 14.4. The molecule has 2 fully saturated rings. The molecule has 2 saturated heterocycles. The third-order valence-electron chi connectivity index (χ3n) is 7.32. The second-order valence-corrected chi connectivity index (χ2v) is 10.8. The number of halogens is 1. The van der Waals surface area contributed by atoms with Crippen LogP contribution in [0.25, 0.3) is 0 Å². The summed E-state index contributed by atoms with van der Waals surface area (Å²) in [5, 5.41) is 5.88. The lowest BCUT2D eigenvalue weighted by Gasteiger charge is -2.31. The number of thiazole rings is 1. The second kappa shape index (κ2) is 11.9. The monoisotopic (exact) mass is 520 g/mol. The zero-order chi connectivity index (χ0) is 25.6. The summed E-state index contributed by atoms with van der Waals surface area (Å²) in [5.41, 5.74) is 3.19. The Morgan fingerprint density at radius 2 is 1.78 bits per heavy atom. The summed E-state index contributed by atoms with van der Waals surface area (Å²) in [5.74, 6) is -0.0980. The van der Waals surface area contributed by atoms with E-state index >= 15 is 0 Å². The van der Waals surface area contributed by atoms with E-state index in [0.29, 0.717) is 31.6 Å². The summed E-state index contributed by atoms with van der Waals surface area (Å²) in [4.78, 5) is 34.6. The number of hydrogen-bond donors (Lipinski definition) is 1. The molecule has 194 valence electrons. The average molecular weight is 521 g/mol. The zero-order valence-electron chi connectivity index (χ0n) is 21.0. The lowest BCUT2D eigenvalue weighted by Crippen LogP contribution is -2.38. The Hall–Kier alpha value is -3.26. The Balaban J connectivity index is 1.14. The summed E-state index contributed by atoms with van der Waals surface area (Å²) in [6.07, 6.45) is 6.20. The van der Waals surface area contributed by atoms with Gasteiger partial charge in [-0.25, -0.2) is 9.37 Å². The fraction of sp³-hybridized carbons (Fsp3) is 0.414. The fourth-order valence-electron chi connectivity index (χ4n) is 5.23. The summed E-state index contributed by atoms with van der Waals surface area (Å²) in [6.45, 7) is 3.38. The van der Waals surface area contributed by atoms with Gasteiger partial charge in [-0.3, -0.25) is 9.59 Å². The van der Waals surface area contributed by atoms with E-state index in [0.717, 1.165) is 47.9 Å². The molecule has 0 aliphatic carbocycles. The molecule has 3 heterocycles. The van der Waals surface area contributed by atoms with E-state index in [1.54, 1.807) is 6.07 Å². The van der Waals surface area contributed by atoms with Gasteiger partial charge in [0.2, 0.25) is 5.91 Å². The van der Waals surface area contributed by atoms with E-state index < -0.39 is 0 Å². The van der Waals surface area contributed by atoms with Crippen molar-refractivity contribution >= 4 is 34.5 Å². The van der Waals surface area contributed by atoms with E-state index in [4.69, 9.17) is 0 Å². The van der Waals surface area contributed by atoms with Gasteiger partial charge in [-0.2, -0.15) is 0 Å². The molecule has 3 aromatic rings. The van der Waals surface area contributed by atoms with Crippen molar-refractivity contribution in [1.29, 1.82) is 0 Å². The summed E-state index contributed by atoms with van der Waals surface area (Å²) >= 11 is 1.52. The van der Waals surface area contributed by atoms with Gasteiger partial charge >= 0.3 is 0 Å². The molecule has 8 heteroatoms. The molecule has 2 aliphatic rings. The molecule has 0 saturated carbocycles. The highest BCUT2D eigenvalue weighted by atomic mass is 32.1. The number of hydrogen-bond acceptors (Lipinski definition) is 5. The molecule has 2 aromatic carbocycles. The van der Waals surface area contributed by atoms with Gasteiger partial charge < -0.3 is 15.1 Å². The van der Waals surface area contributed by atoms with Crippen molar-refractivity contribution in [1.82, 2.24) is 9.88 Å². The van der Waals surface area contributed by atoms with E-state index in [1.165, 1.54) is 42.7 Å². The number of rotatable bonds is 7. The Labute approximate surface area is 221 Å². The largest absolute Gasteiger partial charge is 0.370 e. The molecule has 37 heavy (non-hydrogen) atoms. The number of aromatic nitrogens is 1. The Morgan fingerprint density at radius 1 is 1.00 bits per heavy atom. The molecule has 1 N–H and O–H groups in total. The maximum absolute atomic E-state index is 13.4. The number of anilines is 2. The van der Waals surface area contributed by atoms with Gasteiger partial charge in [0, 0.05) is 43.9 Å². The van der Waals surface area contributed by atoms with Gasteiger partial charge in [-0.15, -0.1) is 11.3 Å². The number of carbonyl (C=O) groups is 2. The van der Waals surface area contributed by atoms with Gasteiger partial charge in [0.15, 0.2) is 0 Å². The SMILES string of the molecule is O=C(Nc1ccccc1N1CCCCC1)c1csc(C2CCN(C(=O)CCc3cccc(F)c3)CC2)n1. The maximum Gasteiger partial charge on any atom is 0.275 e. The number of benzene rings is 2. The smallest absolute Gasteiger partial charge is 0.275 e. The molecule has 2 aliphatic heterocycles. The third kappa shape index (κ3) is 6.36. The maximum atomic E-state index is 13.4. The molecule has 0 atom stereocenters. The van der Waals surface area contributed by atoms with Crippen LogP contribution < -0.4 is 10.2 Å². The van der Waals surface area contributed by atoms with Crippen molar-refractivity contribution < 1.29 is 14.0 Å². The second-order valence-electron chi connectivity index (χ2n) is 9.87. The van der Waals surface area contributed by atoms with E-state index in [9.17, 15) is 14.0 Å². The number of aryl methyl sites for hydroxylation is 1. The van der Waals surface area contributed by atoms with Crippen LogP contribution in [0.1, 0.15) is 65.5 Å². The normalized spacial score (nSPS) is 16.6. The van der Waals surface area contributed by atoms with Gasteiger partial charge in [-0.1, -0.05) is 24.3 Å². The number of carbonyl (C=O) groups excluding carboxylic acids is 2. The van der Waals surface area contributed by atoms with Gasteiger partial charge in [0.1, 0.15) is 11.5 Å². The lowest BCUT2D eigenvalue weighted by molar-refractivity contribution is -0.132. The first-order valence-electron chi connectivity index (χ1n) is 13.2. The predicted octanol–water partition coefficient (Wildman–Crippen LogP) is 5.86. The minimum Gasteiger partial charge on any atom is -0.370 e. The van der Waals surface area contributed by atoms with Crippen molar-refractivity contribution in [2.24, 2.45) is 0 Å². The highest BCUT2D eigenvalue weighted by Crippen LogP contribution is 2.32. The Morgan fingerprint density at radius 3 is 2.57 bits per heavy atom. The number of nitrogens with zero attached hydrogens (tertiary/aromatic N) is 3. The number of para-hydroxylation sites is 2. The molecule has 5 rings (SSSR count). The standard InChI is InChI=1S/C29H33FN4O2S/c30-23-8-6-7-21(19-23)11-12-27(35)34-17-13-22(14-18-34)29-32-25(20-37-29)28(36)31-24-9-2-3-10-26(24)33-15-4-1-5-16-33/h2-3,6-10,19-20,22H,1,4-5,11-18H2,(H,31,36). The quantitative estimate of drug-likeness (QED) is 0.424. The van der Waals surface area contributed by atoms with Crippen molar-refractivity contribution in [2.75, 3.05) is 36.4 Å². The van der Waals surface area contributed by atoms with Crippen LogP contribution in [0.15, 0.2) is 53.9 Å². The van der Waals surface area contributed by atoms with E-state index in [1.807, 2.05) is 34.5 Å². The highest BCUT2D eigenvalue weighted by Gasteiger charge is 2.26. The highest BCUT2D eigenvalue weighted by molar-refractivity contribution is 7.10.